The zero-order valence-corrected chi connectivity index (χ0v) is 20.9. The van der Waals surface area contributed by atoms with E-state index in [1.807, 2.05) is 18.9 Å². The maximum absolute atomic E-state index is 14.5. The summed E-state index contributed by atoms with van der Waals surface area (Å²) in [4.78, 5) is 28.4. The van der Waals surface area contributed by atoms with Crippen LogP contribution in [0.15, 0.2) is 24.5 Å². The number of aliphatic hydroxyl groups is 1. The molecule has 4 atom stereocenters. The van der Waals surface area contributed by atoms with Gasteiger partial charge in [0.05, 0.1) is 23.3 Å². The highest BCUT2D eigenvalue weighted by atomic mass is 19.4. The van der Waals surface area contributed by atoms with Gasteiger partial charge in [-0.2, -0.15) is 13.2 Å². The van der Waals surface area contributed by atoms with E-state index in [9.17, 15) is 27.5 Å². The first-order valence-corrected chi connectivity index (χ1v) is 12.7. The number of amides is 1. The van der Waals surface area contributed by atoms with Gasteiger partial charge in [0.25, 0.3) is 0 Å². The monoisotopic (exact) mass is 521 g/mol. The summed E-state index contributed by atoms with van der Waals surface area (Å²) in [5, 5.41) is 10.3. The summed E-state index contributed by atoms with van der Waals surface area (Å²) in [6.07, 6.45) is -1.77. The Balaban J connectivity index is 1.37. The van der Waals surface area contributed by atoms with Crippen molar-refractivity contribution >= 4 is 11.7 Å². The molecule has 2 aromatic rings. The molecule has 0 bridgehead atoms. The van der Waals surface area contributed by atoms with E-state index in [0.717, 1.165) is 36.5 Å². The topological polar surface area (TPSA) is 72.8 Å². The molecule has 200 valence electrons. The van der Waals surface area contributed by atoms with Gasteiger partial charge in [-0.3, -0.25) is 4.79 Å². The van der Waals surface area contributed by atoms with Crippen molar-refractivity contribution in [2.24, 2.45) is 0 Å². The molecule has 1 aromatic carbocycles. The second-order valence-corrected chi connectivity index (χ2v) is 10.4. The van der Waals surface area contributed by atoms with Crippen LogP contribution < -0.4 is 4.90 Å². The summed E-state index contributed by atoms with van der Waals surface area (Å²) < 4.78 is 54.0. The van der Waals surface area contributed by atoms with E-state index in [1.165, 1.54) is 12.4 Å². The molecule has 0 spiro atoms. The number of likely N-dealkylation sites (tertiary alicyclic amines) is 1. The van der Waals surface area contributed by atoms with Crippen LogP contribution in [0, 0.1) is 5.82 Å². The average molecular weight is 522 g/mol. The molecule has 11 heteroatoms. The highest BCUT2D eigenvalue weighted by Crippen LogP contribution is 2.43. The van der Waals surface area contributed by atoms with Crippen molar-refractivity contribution in [3.63, 3.8) is 0 Å². The molecule has 37 heavy (non-hydrogen) atoms. The van der Waals surface area contributed by atoms with Gasteiger partial charge in [-0.05, 0) is 56.5 Å². The largest absolute Gasteiger partial charge is 0.419 e. The van der Waals surface area contributed by atoms with Crippen LogP contribution in [0.1, 0.15) is 66.5 Å². The first kappa shape index (κ1) is 25.8. The zero-order chi connectivity index (χ0) is 26.5. The van der Waals surface area contributed by atoms with E-state index < -0.39 is 29.6 Å². The number of aliphatic hydroxyl groups excluding tert-OH is 1. The third-order valence-corrected chi connectivity index (χ3v) is 8.06. The molecule has 0 radical (unpaired) electrons. The minimum atomic E-state index is -4.79. The summed E-state index contributed by atoms with van der Waals surface area (Å²) in [6, 6.07) is 2.65. The van der Waals surface area contributed by atoms with Crippen molar-refractivity contribution in [1.29, 1.82) is 0 Å². The Bertz CT molecular complexity index is 1170. The molecule has 2 aliphatic heterocycles. The molecular formula is C26H31F4N5O2. The first-order chi connectivity index (χ1) is 17.6. The summed E-state index contributed by atoms with van der Waals surface area (Å²) >= 11 is 0. The normalized spacial score (nSPS) is 25.4. The minimum absolute atomic E-state index is 0.123. The number of hydrogen-bond donors (Lipinski definition) is 1. The van der Waals surface area contributed by atoms with Gasteiger partial charge in [-0.15, -0.1) is 0 Å². The van der Waals surface area contributed by atoms with Crippen LogP contribution in [-0.2, 0) is 11.0 Å². The van der Waals surface area contributed by atoms with Gasteiger partial charge < -0.3 is 19.8 Å². The average Bonchev–Trinajstić information content (AvgIpc) is 3.40. The Morgan fingerprint density at radius 1 is 1.14 bits per heavy atom. The SMILES string of the molecule is C[C@@H]1C[C@@H](O)c2ncnc(N3CCN(C(=O)[C@@H](c4ccc(C(F)(F)F)c(F)c4)[C@@H]4CCCN4C)CC3)c21. The molecule has 7 nitrogen and oxygen atoms in total. The number of carbonyl (C=O) groups is 1. The van der Waals surface area contributed by atoms with E-state index in [2.05, 4.69) is 14.9 Å². The van der Waals surface area contributed by atoms with Crippen LogP contribution >= 0.6 is 0 Å². The Morgan fingerprint density at radius 2 is 1.86 bits per heavy atom. The smallest absolute Gasteiger partial charge is 0.387 e. The molecule has 1 aromatic heterocycles. The number of anilines is 1. The van der Waals surface area contributed by atoms with Crippen molar-refractivity contribution < 1.29 is 27.5 Å². The lowest BCUT2D eigenvalue weighted by molar-refractivity contribution is -0.140. The third-order valence-electron chi connectivity index (χ3n) is 8.06. The summed E-state index contributed by atoms with van der Waals surface area (Å²) in [6.45, 7) is 4.66. The van der Waals surface area contributed by atoms with Gasteiger partial charge in [0.2, 0.25) is 5.91 Å². The Morgan fingerprint density at radius 3 is 2.49 bits per heavy atom. The van der Waals surface area contributed by atoms with Crippen LogP contribution in [0.5, 0.6) is 0 Å². The number of halogens is 4. The zero-order valence-electron chi connectivity index (χ0n) is 20.9. The molecule has 3 heterocycles. The second kappa shape index (κ2) is 9.83. The lowest BCUT2D eigenvalue weighted by Gasteiger charge is -2.39. The maximum Gasteiger partial charge on any atom is 0.419 e. The molecule has 1 N–H and O–H groups in total. The van der Waals surface area contributed by atoms with Crippen LogP contribution in [0.4, 0.5) is 23.4 Å². The number of benzene rings is 1. The van der Waals surface area contributed by atoms with E-state index in [1.54, 1.807) is 4.90 Å². The third kappa shape index (κ3) is 4.79. The van der Waals surface area contributed by atoms with Gasteiger partial charge in [0.1, 0.15) is 18.0 Å². The number of hydrogen-bond acceptors (Lipinski definition) is 6. The Hall–Kier alpha value is -2.79. The van der Waals surface area contributed by atoms with Crippen molar-refractivity contribution in [1.82, 2.24) is 19.8 Å². The van der Waals surface area contributed by atoms with Crippen molar-refractivity contribution in [3.8, 4) is 0 Å². The van der Waals surface area contributed by atoms with Crippen LogP contribution in [0.3, 0.4) is 0 Å². The fourth-order valence-corrected chi connectivity index (χ4v) is 6.13. The Kier molecular flexibility index (Phi) is 6.86. The second-order valence-electron chi connectivity index (χ2n) is 10.4. The van der Waals surface area contributed by atoms with E-state index in [4.69, 9.17) is 0 Å². The molecule has 2 saturated heterocycles. The van der Waals surface area contributed by atoms with E-state index in [-0.39, 0.29) is 23.4 Å². The predicted octanol–water partition coefficient (Wildman–Crippen LogP) is 3.70. The molecule has 0 saturated carbocycles. The molecular weight excluding hydrogens is 490 g/mol. The number of fused-ring (bicyclic) bond motifs is 1. The van der Waals surface area contributed by atoms with Crippen LogP contribution in [-0.4, -0.2) is 76.6 Å². The highest BCUT2D eigenvalue weighted by molar-refractivity contribution is 5.85. The molecule has 3 aliphatic rings. The number of rotatable bonds is 4. The molecule has 1 aliphatic carbocycles. The highest BCUT2D eigenvalue weighted by Gasteiger charge is 2.41. The summed E-state index contributed by atoms with van der Waals surface area (Å²) in [7, 11) is 1.89. The van der Waals surface area contributed by atoms with Gasteiger partial charge in [-0.1, -0.05) is 13.0 Å². The maximum atomic E-state index is 14.5. The van der Waals surface area contributed by atoms with Gasteiger partial charge >= 0.3 is 6.18 Å². The summed E-state index contributed by atoms with van der Waals surface area (Å²) in [5.74, 6) is -1.42. The van der Waals surface area contributed by atoms with E-state index in [0.29, 0.717) is 44.7 Å². The lowest BCUT2D eigenvalue weighted by atomic mass is 9.87. The molecule has 1 amide bonds. The fraction of sp³-hybridized carbons (Fsp3) is 0.577. The van der Waals surface area contributed by atoms with Crippen molar-refractivity contribution in [2.75, 3.05) is 44.7 Å². The van der Waals surface area contributed by atoms with Crippen LogP contribution in [0.25, 0.3) is 0 Å². The van der Waals surface area contributed by atoms with Crippen molar-refractivity contribution in [2.45, 2.75) is 56.3 Å². The molecule has 5 rings (SSSR count). The predicted molar refractivity (Wildman–Crippen MR) is 129 cm³/mol. The van der Waals surface area contributed by atoms with Gasteiger partial charge in [-0.25, -0.2) is 14.4 Å². The molecule has 0 unspecified atom stereocenters. The van der Waals surface area contributed by atoms with E-state index >= 15 is 0 Å². The fourth-order valence-electron chi connectivity index (χ4n) is 6.13. The number of aromatic nitrogens is 2. The number of carbonyl (C=O) groups excluding carboxylic acids is 1. The number of likely N-dealkylation sites (N-methyl/N-ethyl adjacent to an activating group) is 1. The number of alkyl halides is 3. The quantitative estimate of drug-likeness (QED) is 0.619. The Labute approximate surface area is 213 Å². The van der Waals surface area contributed by atoms with Crippen molar-refractivity contribution in [3.05, 3.63) is 52.7 Å². The molecule has 2 fully saturated rings. The summed E-state index contributed by atoms with van der Waals surface area (Å²) in [5.41, 5.74) is 0.547. The van der Waals surface area contributed by atoms with Gasteiger partial charge in [0.15, 0.2) is 0 Å². The van der Waals surface area contributed by atoms with Crippen LogP contribution in [0.2, 0.25) is 0 Å². The number of nitrogens with zero attached hydrogens (tertiary/aromatic N) is 5. The standard InChI is InChI=1S/C26H31F4N5O2/c1-15-12-20(36)23-21(15)24(32-14-31-23)34-8-10-35(11-9-34)25(37)22(19-4-3-7-33(19)2)16-5-6-17(18(27)13-16)26(28,29)30/h5-6,13-15,19-20,22,36H,3-4,7-12H2,1-2H3/t15-,19+,20-,22+/m1/s1. The lowest BCUT2D eigenvalue weighted by Crippen LogP contribution is -2.52. The van der Waals surface area contributed by atoms with Gasteiger partial charge in [0, 0.05) is 37.8 Å². The number of piperazine rings is 1. The first-order valence-electron chi connectivity index (χ1n) is 12.7. The minimum Gasteiger partial charge on any atom is -0.387 e.